The van der Waals surface area contributed by atoms with Crippen LogP contribution in [0.2, 0.25) is 0 Å². The van der Waals surface area contributed by atoms with Crippen LogP contribution in [0.25, 0.3) is 0 Å². The summed E-state index contributed by atoms with van der Waals surface area (Å²) < 4.78 is 9.76. The van der Waals surface area contributed by atoms with Gasteiger partial charge in [0.05, 0.1) is 13.7 Å². The number of aryl methyl sites for hydroxylation is 1. The predicted octanol–water partition coefficient (Wildman–Crippen LogP) is 1.70. The summed E-state index contributed by atoms with van der Waals surface area (Å²) in [6.45, 7) is 4.06. The van der Waals surface area contributed by atoms with Gasteiger partial charge in [-0.25, -0.2) is 4.98 Å². The van der Waals surface area contributed by atoms with Crippen molar-refractivity contribution in [1.82, 2.24) is 4.98 Å². The number of carbonyl (C=O) groups excluding carboxylic acids is 1. The van der Waals surface area contributed by atoms with E-state index in [2.05, 4.69) is 16.8 Å². The van der Waals surface area contributed by atoms with Crippen LogP contribution < -0.4 is 4.74 Å². The molecule has 4 nitrogen and oxygen atoms in total. The van der Waals surface area contributed by atoms with E-state index in [1.807, 2.05) is 6.92 Å². The first-order valence-corrected chi connectivity index (χ1v) is 5.32. The summed E-state index contributed by atoms with van der Waals surface area (Å²) in [5, 5.41) is 0. The molecule has 0 saturated carbocycles. The lowest BCUT2D eigenvalue weighted by Crippen LogP contribution is -2.01. The van der Waals surface area contributed by atoms with Gasteiger partial charge >= 0.3 is 5.97 Å². The van der Waals surface area contributed by atoms with Gasteiger partial charge in [0.1, 0.15) is 6.42 Å². The first-order valence-electron chi connectivity index (χ1n) is 5.32. The highest BCUT2D eigenvalue weighted by atomic mass is 16.5. The van der Waals surface area contributed by atoms with Gasteiger partial charge in [0.2, 0.25) is 5.88 Å². The predicted molar refractivity (Wildman–Crippen MR) is 63.7 cm³/mol. The lowest BCUT2D eigenvalue weighted by molar-refractivity contribution is -0.141. The molecule has 0 bridgehead atoms. The van der Waals surface area contributed by atoms with Crippen molar-refractivity contribution in [1.29, 1.82) is 0 Å². The Hall–Kier alpha value is -2.02. The molecule has 0 aliphatic rings. The first-order chi connectivity index (χ1) is 8.17. The maximum absolute atomic E-state index is 11.1. The molecule has 1 aromatic rings. The molecular weight excluding hydrogens is 218 g/mol. The number of ether oxygens (including phenoxy) is 2. The molecule has 0 spiro atoms. The number of hydrogen-bond donors (Lipinski definition) is 0. The van der Waals surface area contributed by atoms with Gasteiger partial charge in [-0.2, -0.15) is 0 Å². The second kappa shape index (κ2) is 6.54. The summed E-state index contributed by atoms with van der Waals surface area (Å²) >= 11 is 0. The lowest BCUT2D eigenvalue weighted by Gasteiger charge is -2.01. The summed E-state index contributed by atoms with van der Waals surface area (Å²) in [7, 11) is 1.56. The van der Waals surface area contributed by atoms with E-state index in [4.69, 9.17) is 9.47 Å². The third kappa shape index (κ3) is 4.15. The van der Waals surface area contributed by atoms with E-state index >= 15 is 0 Å². The maximum Gasteiger partial charge on any atom is 0.317 e. The monoisotopic (exact) mass is 233 g/mol. The van der Waals surface area contributed by atoms with Crippen LogP contribution in [0, 0.1) is 18.8 Å². The smallest absolute Gasteiger partial charge is 0.317 e. The lowest BCUT2D eigenvalue weighted by atomic mass is 10.1. The van der Waals surface area contributed by atoms with E-state index < -0.39 is 0 Å². The molecule has 1 rings (SSSR count). The minimum Gasteiger partial charge on any atom is -0.481 e. The summed E-state index contributed by atoms with van der Waals surface area (Å²) in [5.41, 5.74) is 1.75. The van der Waals surface area contributed by atoms with E-state index in [1.54, 1.807) is 26.3 Å². The van der Waals surface area contributed by atoms with Crippen LogP contribution in [0.15, 0.2) is 12.3 Å². The summed E-state index contributed by atoms with van der Waals surface area (Å²) in [6, 6.07) is 1.80. The van der Waals surface area contributed by atoms with Gasteiger partial charge in [0.15, 0.2) is 0 Å². The molecule has 1 heterocycles. The molecule has 17 heavy (non-hydrogen) atoms. The average molecular weight is 233 g/mol. The third-order valence-corrected chi connectivity index (χ3v) is 2.06. The molecule has 0 aromatic carbocycles. The van der Waals surface area contributed by atoms with Crippen LogP contribution in [0.5, 0.6) is 5.88 Å². The second-order valence-electron chi connectivity index (χ2n) is 3.33. The standard InChI is InChI=1S/C13H15NO3/c1-4-17-13(15)7-5-6-11-9-14-12(16-3)8-10(11)2/h8-9H,4,7H2,1-3H3. The van der Waals surface area contributed by atoms with E-state index in [0.29, 0.717) is 12.5 Å². The number of methoxy groups -OCH3 is 1. The largest absolute Gasteiger partial charge is 0.481 e. The van der Waals surface area contributed by atoms with E-state index in [0.717, 1.165) is 11.1 Å². The number of rotatable bonds is 3. The molecule has 1 aromatic heterocycles. The van der Waals surface area contributed by atoms with Crippen LogP contribution in [0.1, 0.15) is 24.5 Å². The highest BCUT2D eigenvalue weighted by Crippen LogP contribution is 2.11. The van der Waals surface area contributed by atoms with Crippen LogP contribution in [-0.2, 0) is 9.53 Å². The van der Waals surface area contributed by atoms with Crippen molar-refractivity contribution in [3.8, 4) is 17.7 Å². The Balaban J connectivity index is 2.69. The molecule has 0 N–H and O–H groups in total. The van der Waals surface area contributed by atoms with Crippen molar-refractivity contribution in [2.75, 3.05) is 13.7 Å². The molecule has 0 atom stereocenters. The van der Waals surface area contributed by atoms with Gasteiger partial charge in [-0.1, -0.05) is 11.8 Å². The van der Waals surface area contributed by atoms with Gasteiger partial charge in [0.25, 0.3) is 0 Å². The summed E-state index contributed by atoms with van der Waals surface area (Å²) in [5.74, 6) is 5.89. The van der Waals surface area contributed by atoms with Gasteiger partial charge in [-0.15, -0.1) is 0 Å². The van der Waals surface area contributed by atoms with Gasteiger partial charge < -0.3 is 9.47 Å². The van der Waals surface area contributed by atoms with Gasteiger partial charge in [-0.3, -0.25) is 4.79 Å². The molecular formula is C13H15NO3. The molecule has 0 radical (unpaired) electrons. The molecule has 4 heteroatoms. The minimum absolute atomic E-state index is 0.0965. The van der Waals surface area contributed by atoms with Crippen LogP contribution in [-0.4, -0.2) is 24.7 Å². The number of esters is 1. The maximum atomic E-state index is 11.1. The Bertz CT molecular complexity index is 457. The molecule has 0 amide bonds. The first kappa shape index (κ1) is 13.0. The van der Waals surface area contributed by atoms with E-state index in [1.165, 1.54) is 0 Å². The fraction of sp³-hybridized carbons (Fsp3) is 0.385. The van der Waals surface area contributed by atoms with E-state index in [-0.39, 0.29) is 12.4 Å². The zero-order valence-corrected chi connectivity index (χ0v) is 10.2. The molecule has 0 saturated heterocycles. The average Bonchev–Trinajstić information content (AvgIpc) is 2.31. The van der Waals surface area contributed by atoms with Crippen LogP contribution in [0.4, 0.5) is 0 Å². The Kier molecular flexibility index (Phi) is 5.02. The highest BCUT2D eigenvalue weighted by molar-refractivity contribution is 5.72. The number of nitrogens with zero attached hydrogens (tertiary/aromatic N) is 1. The normalized spacial score (nSPS) is 9.12. The summed E-state index contributed by atoms with van der Waals surface area (Å²) in [4.78, 5) is 15.1. The van der Waals surface area contributed by atoms with Crippen LogP contribution >= 0.6 is 0 Å². The fourth-order valence-electron chi connectivity index (χ4n) is 1.20. The van der Waals surface area contributed by atoms with Gasteiger partial charge in [0, 0.05) is 17.8 Å². The Morgan fingerprint density at radius 2 is 2.29 bits per heavy atom. The zero-order valence-electron chi connectivity index (χ0n) is 10.2. The van der Waals surface area contributed by atoms with Gasteiger partial charge in [-0.05, 0) is 19.4 Å². The van der Waals surface area contributed by atoms with Crippen molar-refractivity contribution in [3.05, 3.63) is 23.4 Å². The Morgan fingerprint density at radius 1 is 1.53 bits per heavy atom. The van der Waals surface area contributed by atoms with Crippen molar-refractivity contribution >= 4 is 5.97 Å². The Labute approximate surface area is 101 Å². The molecule has 0 fully saturated rings. The molecule has 0 aliphatic heterocycles. The third-order valence-electron chi connectivity index (χ3n) is 2.06. The molecule has 0 unspecified atom stereocenters. The number of hydrogen-bond acceptors (Lipinski definition) is 4. The van der Waals surface area contributed by atoms with E-state index in [9.17, 15) is 4.79 Å². The SMILES string of the molecule is CCOC(=O)CC#Cc1cnc(OC)cc1C. The quantitative estimate of drug-likeness (QED) is 0.589. The molecule has 0 aliphatic carbocycles. The van der Waals surface area contributed by atoms with Crippen molar-refractivity contribution in [3.63, 3.8) is 0 Å². The van der Waals surface area contributed by atoms with Crippen molar-refractivity contribution in [2.45, 2.75) is 20.3 Å². The number of pyridine rings is 1. The molecule has 90 valence electrons. The van der Waals surface area contributed by atoms with Crippen molar-refractivity contribution in [2.24, 2.45) is 0 Å². The minimum atomic E-state index is -0.306. The van der Waals surface area contributed by atoms with Crippen molar-refractivity contribution < 1.29 is 14.3 Å². The highest BCUT2D eigenvalue weighted by Gasteiger charge is 1.99. The second-order valence-corrected chi connectivity index (χ2v) is 3.33. The fourth-order valence-corrected chi connectivity index (χ4v) is 1.20. The van der Waals surface area contributed by atoms with Crippen LogP contribution in [0.3, 0.4) is 0 Å². The summed E-state index contributed by atoms with van der Waals surface area (Å²) in [6.07, 6.45) is 1.73. The topological polar surface area (TPSA) is 48.4 Å². The Morgan fingerprint density at radius 3 is 2.88 bits per heavy atom. The number of carbonyl (C=O) groups is 1. The number of aromatic nitrogens is 1. The zero-order chi connectivity index (χ0) is 12.7.